The van der Waals surface area contributed by atoms with E-state index in [-0.39, 0.29) is 43.5 Å². The fourth-order valence-electron chi connectivity index (χ4n) is 3.45. The maximum Gasteiger partial charge on any atom is 0.329 e. The van der Waals surface area contributed by atoms with Gasteiger partial charge in [-0.25, -0.2) is 15.5 Å². The number of carbonyl (C=O) groups excluding carboxylic acids is 4. The van der Waals surface area contributed by atoms with Crippen molar-refractivity contribution in [3.63, 3.8) is 0 Å². The van der Waals surface area contributed by atoms with Crippen LogP contribution in [0.25, 0.3) is 0 Å². The van der Waals surface area contributed by atoms with E-state index in [2.05, 4.69) is 47.6 Å². The molecule has 2 aromatic rings. The summed E-state index contributed by atoms with van der Waals surface area (Å²) < 4.78 is 10.7. The van der Waals surface area contributed by atoms with Crippen molar-refractivity contribution in [2.75, 3.05) is 26.1 Å². The molecule has 0 aliphatic carbocycles. The summed E-state index contributed by atoms with van der Waals surface area (Å²) in [5.41, 5.74) is 3.17. The van der Waals surface area contributed by atoms with E-state index < -0.39 is 35.2 Å². The number of halogens is 2. The molecule has 2 atom stereocenters. The van der Waals surface area contributed by atoms with E-state index in [1.54, 1.807) is 47.6 Å². The summed E-state index contributed by atoms with van der Waals surface area (Å²) in [6.45, 7) is 12.2. The third kappa shape index (κ3) is 30.5. The van der Waals surface area contributed by atoms with E-state index in [1.807, 2.05) is 60.7 Å². The number of nitrogens with one attached hydrogen (secondary N) is 3. The Morgan fingerprint density at radius 1 is 0.780 bits per heavy atom. The van der Waals surface area contributed by atoms with Crippen LogP contribution in [0.3, 0.4) is 0 Å². The van der Waals surface area contributed by atoms with Gasteiger partial charge >= 0.3 is 11.9 Å². The van der Waals surface area contributed by atoms with Gasteiger partial charge in [-0.15, -0.1) is 12.4 Å². The molecule has 0 unspecified atom stereocenters. The predicted octanol–water partition coefficient (Wildman–Crippen LogP) is 4.75. The van der Waals surface area contributed by atoms with Gasteiger partial charge in [-0.1, -0.05) is 84.0 Å². The van der Waals surface area contributed by atoms with Crippen LogP contribution in [-0.4, -0.2) is 73.1 Å². The van der Waals surface area contributed by atoms with Gasteiger partial charge in [0.25, 0.3) is 0 Å². The molecule has 0 aliphatic heterocycles. The van der Waals surface area contributed by atoms with Crippen LogP contribution in [0.5, 0.6) is 0 Å². The van der Waals surface area contributed by atoms with Crippen LogP contribution < -0.4 is 22.0 Å². The van der Waals surface area contributed by atoms with Gasteiger partial charge in [0.05, 0.1) is 32.2 Å². The van der Waals surface area contributed by atoms with Gasteiger partial charge in [-0.05, 0) is 52.7 Å². The number of hydroxylamine groups is 1. The first-order valence-electron chi connectivity index (χ1n) is 14.9. The number of hydrogen-bond donors (Lipinski definition) is 4. The Hall–Kier alpha value is -3.58. The molecule has 0 saturated heterocycles. The predicted molar refractivity (Wildman–Crippen MR) is 201 cm³/mol. The molecular formula is C35H57BrClN5O8. The van der Waals surface area contributed by atoms with Crippen LogP contribution in [0.15, 0.2) is 60.7 Å². The molecule has 0 spiro atoms. The highest BCUT2D eigenvalue weighted by molar-refractivity contribution is 9.09. The lowest BCUT2D eigenvalue weighted by atomic mass is 10.1. The highest BCUT2D eigenvalue weighted by Crippen LogP contribution is 2.13. The fourth-order valence-corrected chi connectivity index (χ4v) is 3.61. The molecule has 5 N–H and O–H groups in total. The van der Waals surface area contributed by atoms with Crippen molar-refractivity contribution in [2.45, 2.75) is 92.0 Å². The lowest BCUT2D eigenvalue weighted by molar-refractivity contribution is -0.159. The Labute approximate surface area is 312 Å². The second kappa shape index (κ2) is 30.3. The van der Waals surface area contributed by atoms with Crippen LogP contribution in [0.1, 0.15) is 67.0 Å². The molecule has 50 heavy (non-hydrogen) atoms. The third-order valence-electron chi connectivity index (χ3n) is 5.12. The summed E-state index contributed by atoms with van der Waals surface area (Å²) >= 11 is 3.08. The molecular weight excluding hydrogens is 734 g/mol. The highest BCUT2D eigenvalue weighted by atomic mass is 79.9. The Morgan fingerprint density at radius 3 is 1.38 bits per heavy atom. The summed E-state index contributed by atoms with van der Waals surface area (Å²) in [6, 6.07) is 19.3. The molecule has 15 heteroatoms. The molecule has 13 nitrogen and oxygen atoms in total. The van der Waals surface area contributed by atoms with E-state index in [9.17, 15) is 19.2 Å². The summed E-state index contributed by atoms with van der Waals surface area (Å²) in [4.78, 5) is 56.2. The van der Waals surface area contributed by atoms with Crippen molar-refractivity contribution in [2.24, 2.45) is 5.90 Å². The van der Waals surface area contributed by atoms with E-state index in [4.69, 9.17) is 14.7 Å². The summed E-state index contributed by atoms with van der Waals surface area (Å²) in [5, 5.41) is 12.8. The van der Waals surface area contributed by atoms with Crippen LogP contribution in [0, 0.1) is 11.3 Å². The lowest BCUT2D eigenvalue weighted by Crippen LogP contribution is -2.47. The van der Waals surface area contributed by atoms with E-state index in [1.165, 1.54) is 21.1 Å². The molecule has 0 fully saturated rings. The zero-order valence-electron chi connectivity index (χ0n) is 29.8. The standard InChI is InChI=1S/C16H24N2O4.C15H20BrNO3.C2H3N.CH5NO.CH4.ClH/c1-16(2,3)22-15(20)13(18-14(19)11-17-21-4)10-12-8-6-5-7-9-12;1-15(2,3)20-14(19)12(17-13(18)10-16)9-11-7-5-4-6-8-11;1-2-3;1-3-2;;/h5-9,13,17H,10-11H2,1-4H3,(H,18,19);4-8,12H,9-10H2,1-3H3,(H,17,18);1H3;2H2,1H3;1H4;1H/t13-;12-;;;;/m00..../s1. The topological polar surface area (TPSA) is 191 Å². The number of nitrogens with two attached hydrogens (primary N) is 1. The Balaban J connectivity index is -0.000000354. The molecule has 0 aromatic heterocycles. The normalized spacial score (nSPS) is 11.1. The minimum absolute atomic E-state index is 0. The third-order valence-corrected chi connectivity index (χ3v) is 5.63. The molecule has 2 amide bonds. The average Bonchev–Trinajstić information content (AvgIpc) is 3.00. The molecule has 0 saturated carbocycles. The number of hydrogen-bond acceptors (Lipinski definition) is 11. The zero-order valence-corrected chi connectivity index (χ0v) is 32.2. The fraction of sp³-hybridized carbons (Fsp3) is 0.514. The smallest absolute Gasteiger partial charge is 0.329 e. The Kier molecular flexibility index (Phi) is 32.2. The zero-order chi connectivity index (χ0) is 37.2. The molecule has 2 rings (SSSR count). The first-order valence-corrected chi connectivity index (χ1v) is 16.1. The largest absolute Gasteiger partial charge is 0.458 e. The molecule has 0 aliphatic rings. The van der Waals surface area contributed by atoms with Crippen LogP contribution in [0.2, 0.25) is 0 Å². The molecule has 0 heterocycles. The molecule has 284 valence electrons. The first kappa shape index (κ1) is 53.2. The minimum atomic E-state index is -0.743. The Bertz CT molecular complexity index is 1240. The number of nitriles is 1. The number of esters is 2. The SMILES string of the molecule is C.CC#N.CC(C)(C)OC(=O)[C@H](Cc1ccccc1)NC(=O)CBr.CON.CONCC(=O)N[C@@H](Cc1ccccc1)C(=O)OC(C)(C)C.Cl. The lowest BCUT2D eigenvalue weighted by Gasteiger charge is -2.24. The maximum absolute atomic E-state index is 12.3. The number of amides is 2. The summed E-state index contributed by atoms with van der Waals surface area (Å²) in [5.74, 6) is 2.89. The molecule has 0 radical (unpaired) electrons. The summed E-state index contributed by atoms with van der Waals surface area (Å²) in [7, 11) is 2.82. The minimum Gasteiger partial charge on any atom is -0.458 e. The number of ether oxygens (including phenoxy) is 2. The molecule has 2 aromatic carbocycles. The van der Waals surface area contributed by atoms with Crippen LogP contribution >= 0.6 is 28.3 Å². The van der Waals surface area contributed by atoms with Crippen molar-refractivity contribution in [1.29, 1.82) is 5.26 Å². The van der Waals surface area contributed by atoms with Gasteiger partial charge < -0.3 is 29.8 Å². The van der Waals surface area contributed by atoms with E-state index in [0.717, 1.165) is 11.1 Å². The van der Waals surface area contributed by atoms with Gasteiger partial charge in [0.2, 0.25) is 11.8 Å². The van der Waals surface area contributed by atoms with Gasteiger partial charge in [0.15, 0.2) is 0 Å². The van der Waals surface area contributed by atoms with E-state index >= 15 is 0 Å². The van der Waals surface area contributed by atoms with Crippen LogP contribution in [-0.2, 0) is 51.2 Å². The van der Waals surface area contributed by atoms with Crippen molar-refractivity contribution < 1.29 is 38.3 Å². The van der Waals surface area contributed by atoms with Crippen molar-refractivity contribution in [3.05, 3.63) is 71.8 Å². The summed E-state index contributed by atoms with van der Waals surface area (Å²) in [6.07, 6.45) is 0.781. The van der Waals surface area contributed by atoms with Gasteiger partial charge in [-0.3, -0.25) is 9.59 Å². The van der Waals surface area contributed by atoms with Crippen molar-refractivity contribution >= 4 is 52.1 Å². The quantitative estimate of drug-likeness (QED) is 0.132. The number of alkyl halides is 1. The number of benzene rings is 2. The van der Waals surface area contributed by atoms with Crippen molar-refractivity contribution in [3.8, 4) is 6.07 Å². The van der Waals surface area contributed by atoms with Crippen molar-refractivity contribution in [1.82, 2.24) is 16.1 Å². The highest BCUT2D eigenvalue weighted by Gasteiger charge is 2.28. The second-order valence-corrected chi connectivity index (χ2v) is 12.4. The van der Waals surface area contributed by atoms with E-state index in [0.29, 0.717) is 12.8 Å². The number of nitrogens with zero attached hydrogens (tertiary/aromatic N) is 1. The van der Waals surface area contributed by atoms with Gasteiger partial charge in [0, 0.05) is 19.8 Å². The van der Waals surface area contributed by atoms with Gasteiger partial charge in [-0.2, -0.15) is 10.7 Å². The monoisotopic (exact) mass is 789 g/mol. The maximum atomic E-state index is 12.3. The number of carbonyl (C=O) groups is 4. The Morgan fingerprint density at radius 2 is 1.10 bits per heavy atom. The second-order valence-electron chi connectivity index (χ2n) is 11.8. The number of rotatable bonds is 12. The molecule has 0 bridgehead atoms. The van der Waals surface area contributed by atoms with Crippen LogP contribution in [0.4, 0.5) is 0 Å². The van der Waals surface area contributed by atoms with Gasteiger partial charge in [0.1, 0.15) is 23.3 Å². The first-order chi connectivity index (χ1) is 22.5. The average molecular weight is 791 g/mol.